The predicted molar refractivity (Wildman–Crippen MR) is 106 cm³/mol. The molecule has 1 aliphatic rings. The number of aryl methyl sites for hydroxylation is 1. The van der Waals surface area contributed by atoms with Crippen LogP contribution >= 0.6 is 15.9 Å². The van der Waals surface area contributed by atoms with Crippen LogP contribution < -0.4 is 10.6 Å². The molecule has 1 saturated heterocycles. The number of hydrogen-bond acceptors (Lipinski definition) is 3. The fourth-order valence-corrected chi connectivity index (χ4v) is 3.46. The van der Waals surface area contributed by atoms with Crippen molar-refractivity contribution in [1.29, 1.82) is 0 Å². The summed E-state index contributed by atoms with van der Waals surface area (Å²) in [5.41, 5.74) is 0.674. The zero-order chi connectivity index (χ0) is 20.5. The largest absolute Gasteiger partial charge is 0.325 e. The highest BCUT2D eigenvalue weighted by molar-refractivity contribution is 9.10. The number of amides is 4. The molecule has 1 heterocycles. The van der Waals surface area contributed by atoms with Crippen LogP contribution in [-0.2, 0) is 15.1 Å². The lowest BCUT2D eigenvalue weighted by molar-refractivity contribution is -0.134. The zero-order valence-corrected chi connectivity index (χ0v) is 17.0. The first kappa shape index (κ1) is 20.0. The topological polar surface area (TPSA) is 78.5 Å². The number of imide groups is 1. The predicted octanol–water partition coefficient (Wildman–Crippen LogP) is 3.69. The first-order valence-corrected chi connectivity index (χ1v) is 9.52. The lowest BCUT2D eigenvalue weighted by atomic mass is 9.87. The van der Waals surface area contributed by atoms with Crippen molar-refractivity contribution in [2.24, 2.45) is 0 Å². The molecule has 1 fully saturated rings. The van der Waals surface area contributed by atoms with Gasteiger partial charge in [0.15, 0.2) is 0 Å². The second-order valence-electron chi connectivity index (χ2n) is 6.60. The van der Waals surface area contributed by atoms with Crippen LogP contribution in [0.4, 0.5) is 14.9 Å². The number of urea groups is 1. The number of rotatable bonds is 5. The maximum atomic E-state index is 13.2. The average Bonchev–Trinajstić information content (AvgIpc) is 2.90. The van der Waals surface area contributed by atoms with E-state index in [9.17, 15) is 18.8 Å². The Morgan fingerprint density at radius 3 is 2.50 bits per heavy atom. The molecule has 0 aromatic heterocycles. The van der Waals surface area contributed by atoms with E-state index in [1.165, 1.54) is 24.3 Å². The van der Waals surface area contributed by atoms with Gasteiger partial charge in [-0.15, -0.1) is 0 Å². The number of benzene rings is 2. The van der Waals surface area contributed by atoms with Crippen molar-refractivity contribution < 1.29 is 18.8 Å². The molecule has 2 N–H and O–H groups in total. The molecule has 0 bridgehead atoms. The summed E-state index contributed by atoms with van der Waals surface area (Å²) in [5.74, 6) is -1.46. The standard InChI is InChI=1S/C20H19BrFN3O3/c1-3-20(13-4-6-14(22)7-5-13)18(27)25(19(28)24-20)11-17(26)23-15-8-9-16(21)12(2)10-15/h4-10H,3,11H2,1-2H3,(H,23,26)(H,24,28). The summed E-state index contributed by atoms with van der Waals surface area (Å²) in [7, 11) is 0. The Balaban J connectivity index is 1.78. The number of halogens is 2. The van der Waals surface area contributed by atoms with Crippen molar-refractivity contribution in [3.8, 4) is 0 Å². The third kappa shape index (κ3) is 3.64. The Labute approximate surface area is 170 Å². The maximum Gasteiger partial charge on any atom is 0.325 e. The van der Waals surface area contributed by atoms with Crippen LogP contribution in [0, 0.1) is 12.7 Å². The SMILES string of the molecule is CCC1(c2ccc(F)cc2)NC(=O)N(CC(=O)Nc2ccc(Br)c(C)c2)C1=O. The van der Waals surface area contributed by atoms with Gasteiger partial charge in [0.05, 0.1) is 0 Å². The number of nitrogens with one attached hydrogen (secondary N) is 2. The van der Waals surface area contributed by atoms with Crippen LogP contribution in [0.25, 0.3) is 0 Å². The fourth-order valence-electron chi connectivity index (χ4n) is 3.21. The minimum absolute atomic E-state index is 0.271. The minimum atomic E-state index is -1.31. The molecule has 6 nitrogen and oxygen atoms in total. The second kappa shape index (κ2) is 7.71. The van der Waals surface area contributed by atoms with Crippen molar-refractivity contribution in [3.05, 3.63) is 63.9 Å². The average molecular weight is 448 g/mol. The van der Waals surface area contributed by atoms with Crippen LogP contribution in [0.2, 0.25) is 0 Å². The molecule has 28 heavy (non-hydrogen) atoms. The van der Waals surface area contributed by atoms with E-state index < -0.39 is 35.7 Å². The summed E-state index contributed by atoms with van der Waals surface area (Å²) in [6, 6.07) is 10.0. The molecule has 3 rings (SSSR count). The first-order chi connectivity index (χ1) is 13.3. The molecule has 2 aromatic carbocycles. The van der Waals surface area contributed by atoms with Crippen LogP contribution in [0.5, 0.6) is 0 Å². The molecule has 1 atom stereocenters. The summed E-state index contributed by atoms with van der Waals surface area (Å²) in [6.07, 6.45) is 0.271. The Morgan fingerprint density at radius 1 is 1.21 bits per heavy atom. The Kier molecular flexibility index (Phi) is 5.51. The highest BCUT2D eigenvalue weighted by atomic mass is 79.9. The summed E-state index contributed by atoms with van der Waals surface area (Å²) in [6.45, 7) is 3.22. The molecule has 2 aromatic rings. The van der Waals surface area contributed by atoms with Gasteiger partial charge in [0.1, 0.15) is 17.9 Å². The third-order valence-corrected chi connectivity index (χ3v) is 5.68. The summed E-state index contributed by atoms with van der Waals surface area (Å²) >= 11 is 3.39. The van der Waals surface area contributed by atoms with Crippen molar-refractivity contribution in [2.45, 2.75) is 25.8 Å². The number of anilines is 1. The van der Waals surface area contributed by atoms with Gasteiger partial charge in [-0.05, 0) is 54.8 Å². The van der Waals surface area contributed by atoms with E-state index in [-0.39, 0.29) is 6.42 Å². The van der Waals surface area contributed by atoms with E-state index in [1.807, 2.05) is 6.92 Å². The molecule has 0 saturated carbocycles. The van der Waals surface area contributed by atoms with Gasteiger partial charge < -0.3 is 10.6 Å². The van der Waals surface area contributed by atoms with E-state index in [1.54, 1.807) is 25.1 Å². The molecule has 0 aliphatic carbocycles. The van der Waals surface area contributed by atoms with Crippen LogP contribution in [-0.4, -0.2) is 29.3 Å². The van der Waals surface area contributed by atoms with Crippen molar-refractivity contribution in [2.75, 3.05) is 11.9 Å². The summed E-state index contributed by atoms with van der Waals surface area (Å²) in [4.78, 5) is 38.7. The van der Waals surface area contributed by atoms with E-state index in [0.717, 1.165) is 14.9 Å². The molecule has 146 valence electrons. The second-order valence-corrected chi connectivity index (χ2v) is 7.45. The summed E-state index contributed by atoms with van der Waals surface area (Å²) < 4.78 is 14.2. The summed E-state index contributed by atoms with van der Waals surface area (Å²) in [5, 5.41) is 5.35. The molecule has 1 unspecified atom stereocenters. The minimum Gasteiger partial charge on any atom is -0.325 e. The highest BCUT2D eigenvalue weighted by Gasteiger charge is 2.51. The van der Waals surface area contributed by atoms with Crippen LogP contribution in [0.3, 0.4) is 0 Å². The van der Waals surface area contributed by atoms with E-state index in [0.29, 0.717) is 11.3 Å². The Morgan fingerprint density at radius 2 is 1.89 bits per heavy atom. The van der Waals surface area contributed by atoms with Gasteiger partial charge in [-0.3, -0.25) is 14.5 Å². The van der Waals surface area contributed by atoms with Gasteiger partial charge in [-0.25, -0.2) is 9.18 Å². The van der Waals surface area contributed by atoms with Gasteiger partial charge in [-0.2, -0.15) is 0 Å². The molecule has 0 spiro atoms. The Hall–Kier alpha value is -2.74. The first-order valence-electron chi connectivity index (χ1n) is 8.73. The lowest BCUT2D eigenvalue weighted by Gasteiger charge is -2.25. The van der Waals surface area contributed by atoms with E-state index in [4.69, 9.17) is 0 Å². The molecule has 0 radical (unpaired) electrons. The monoisotopic (exact) mass is 447 g/mol. The van der Waals surface area contributed by atoms with Crippen LogP contribution in [0.1, 0.15) is 24.5 Å². The number of hydrogen-bond donors (Lipinski definition) is 2. The van der Waals surface area contributed by atoms with Gasteiger partial charge in [-0.1, -0.05) is 35.0 Å². The number of nitrogens with zero attached hydrogens (tertiary/aromatic N) is 1. The molecule has 8 heteroatoms. The van der Waals surface area contributed by atoms with Gasteiger partial charge in [0.2, 0.25) is 5.91 Å². The van der Waals surface area contributed by atoms with Crippen molar-refractivity contribution in [3.63, 3.8) is 0 Å². The fraction of sp³-hybridized carbons (Fsp3) is 0.250. The molecule has 4 amide bonds. The number of carbonyl (C=O) groups excluding carboxylic acids is 3. The maximum absolute atomic E-state index is 13.2. The van der Waals surface area contributed by atoms with Gasteiger partial charge in [0.25, 0.3) is 5.91 Å². The van der Waals surface area contributed by atoms with Gasteiger partial charge >= 0.3 is 6.03 Å². The lowest BCUT2D eigenvalue weighted by Crippen LogP contribution is -2.44. The number of carbonyl (C=O) groups is 3. The molecular formula is C20H19BrFN3O3. The van der Waals surface area contributed by atoms with Gasteiger partial charge in [0, 0.05) is 10.2 Å². The highest BCUT2D eigenvalue weighted by Crippen LogP contribution is 2.32. The third-order valence-electron chi connectivity index (χ3n) is 4.79. The van der Waals surface area contributed by atoms with E-state index >= 15 is 0 Å². The van der Waals surface area contributed by atoms with E-state index in [2.05, 4.69) is 26.6 Å². The Bertz CT molecular complexity index is 948. The zero-order valence-electron chi connectivity index (χ0n) is 15.4. The molecule has 1 aliphatic heterocycles. The van der Waals surface area contributed by atoms with Crippen molar-refractivity contribution >= 4 is 39.5 Å². The van der Waals surface area contributed by atoms with Crippen molar-refractivity contribution in [1.82, 2.24) is 10.2 Å². The normalized spacial score (nSPS) is 18.9. The van der Waals surface area contributed by atoms with Crippen LogP contribution in [0.15, 0.2) is 46.9 Å². The quantitative estimate of drug-likeness (QED) is 0.685. The smallest absolute Gasteiger partial charge is 0.325 e. The molecular weight excluding hydrogens is 429 g/mol.